The van der Waals surface area contributed by atoms with Gasteiger partial charge in [0.1, 0.15) is 23.0 Å². The molecule has 0 saturated carbocycles. The highest BCUT2D eigenvalue weighted by molar-refractivity contribution is 6.03. The number of nitrogens with zero attached hydrogens (tertiary/aromatic N) is 2. The quantitative estimate of drug-likeness (QED) is 0.554. The molecule has 2 aliphatic rings. The summed E-state index contributed by atoms with van der Waals surface area (Å²) in [5, 5.41) is 8.66. The Bertz CT molecular complexity index is 1260. The van der Waals surface area contributed by atoms with E-state index in [1.54, 1.807) is 12.1 Å². The van der Waals surface area contributed by atoms with Gasteiger partial charge in [-0.1, -0.05) is 25.1 Å². The molecule has 2 aromatic carbocycles. The zero-order valence-corrected chi connectivity index (χ0v) is 17.8. The molecule has 0 aliphatic carbocycles. The Morgan fingerprint density at radius 1 is 1.00 bits per heavy atom. The summed E-state index contributed by atoms with van der Waals surface area (Å²) >= 11 is 0. The van der Waals surface area contributed by atoms with Gasteiger partial charge in [0.15, 0.2) is 5.82 Å². The van der Waals surface area contributed by atoms with E-state index in [0.717, 1.165) is 24.1 Å². The average molecular weight is 449 g/mol. The van der Waals surface area contributed by atoms with Crippen LogP contribution in [-0.4, -0.2) is 28.3 Å². The van der Waals surface area contributed by atoms with Crippen molar-refractivity contribution < 1.29 is 18.4 Å². The van der Waals surface area contributed by atoms with Gasteiger partial charge in [-0.25, -0.2) is 18.7 Å². The first-order valence-electron chi connectivity index (χ1n) is 10.7. The van der Waals surface area contributed by atoms with E-state index in [0.29, 0.717) is 24.3 Å². The number of aromatic nitrogens is 2. The molecule has 1 fully saturated rings. The summed E-state index contributed by atoms with van der Waals surface area (Å²) in [6.45, 7) is 2.77. The Balaban J connectivity index is 1.53. The lowest BCUT2D eigenvalue weighted by Gasteiger charge is -2.25. The largest absolute Gasteiger partial charge is 0.355 e. The molecule has 2 amide bonds. The number of benzene rings is 2. The van der Waals surface area contributed by atoms with Crippen LogP contribution in [0.2, 0.25) is 0 Å². The molecule has 33 heavy (non-hydrogen) atoms. The third-order valence-corrected chi connectivity index (χ3v) is 6.39. The van der Waals surface area contributed by atoms with E-state index >= 15 is 0 Å². The van der Waals surface area contributed by atoms with Gasteiger partial charge in [-0.2, -0.15) is 0 Å². The van der Waals surface area contributed by atoms with E-state index in [1.165, 1.54) is 6.07 Å². The van der Waals surface area contributed by atoms with Crippen molar-refractivity contribution in [2.24, 2.45) is 0 Å². The van der Waals surface area contributed by atoms with Gasteiger partial charge in [-0.05, 0) is 42.7 Å². The molecule has 1 atom stereocenters. The van der Waals surface area contributed by atoms with Gasteiger partial charge in [0.25, 0.3) is 5.91 Å². The van der Waals surface area contributed by atoms with Gasteiger partial charge < -0.3 is 16.0 Å². The standard InChI is InChI=1S/C24H21F2N5O2/c1-2-24(10-11-27-23(24)33)13-6-8-14(9-7-13)29-21-19-17(12-28-22(19)32)30-20(31-21)18-15(25)4-3-5-16(18)26/h3-9H,2,10-12H2,1H3,(H,27,33)(H,28,32)(H,29,30,31)/t24-/m1/s1. The minimum absolute atomic E-state index is 0.0209. The van der Waals surface area contributed by atoms with Gasteiger partial charge in [0.2, 0.25) is 5.91 Å². The molecule has 3 N–H and O–H groups in total. The lowest BCUT2D eigenvalue weighted by atomic mass is 9.77. The monoisotopic (exact) mass is 449 g/mol. The number of fused-ring (bicyclic) bond motifs is 1. The maximum absolute atomic E-state index is 14.4. The number of halogens is 2. The Morgan fingerprint density at radius 2 is 1.73 bits per heavy atom. The van der Waals surface area contributed by atoms with Crippen LogP contribution >= 0.6 is 0 Å². The Kier molecular flexibility index (Phi) is 5.03. The van der Waals surface area contributed by atoms with Crippen LogP contribution in [0.3, 0.4) is 0 Å². The summed E-state index contributed by atoms with van der Waals surface area (Å²) in [4.78, 5) is 33.4. The zero-order valence-electron chi connectivity index (χ0n) is 17.8. The number of carbonyl (C=O) groups is 2. The Morgan fingerprint density at radius 3 is 2.36 bits per heavy atom. The number of nitrogens with one attached hydrogen (secondary N) is 3. The first-order valence-corrected chi connectivity index (χ1v) is 10.7. The van der Waals surface area contributed by atoms with Crippen LogP contribution in [0.25, 0.3) is 11.4 Å². The normalized spacial score (nSPS) is 19.2. The highest BCUT2D eigenvalue weighted by atomic mass is 19.1. The molecule has 2 aliphatic heterocycles. The molecule has 0 unspecified atom stereocenters. The average Bonchev–Trinajstić information content (AvgIpc) is 3.37. The molecule has 1 saturated heterocycles. The maximum atomic E-state index is 14.4. The third kappa shape index (κ3) is 3.40. The number of rotatable bonds is 5. The highest BCUT2D eigenvalue weighted by Gasteiger charge is 2.42. The third-order valence-electron chi connectivity index (χ3n) is 6.39. The van der Waals surface area contributed by atoms with Gasteiger partial charge in [0, 0.05) is 12.2 Å². The summed E-state index contributed by atoms with van der Waals surface area (Å²) in [7, 11) is 0. The van der Waals surface area contributed by atoms with Gasteiger partial charge in [-0.3, -0.25) is 9.59 Å². The lowest BCUT2D eigenvalue weighted by molar-refractivity contribution is -0.124. The summed E-state index contributed by atoms with van der Waals surface area (Å²) in [6.07, 6.45) is 1.41. The fourth-order valence-corrected chi connectivity index (χ4v) is 4.54. The summed E-state index contributed by atoms with van der Waals surface area (Å²) in [6, 6.07) is 10.9. The van der Waals surface area contributed by atoms with E-state index in [4.69, 9.17) is 0 Å². The van der Waals surface area contributed by atoms with E-state index in [-0.39, 0.29) is 41.1 Å². The summed E-state index contributed by atoms with van der Waals surface area (Å²) in [5.41, 5.74) is 1.22. The highest BCUT2D eigenvalue weighted by Crippen LogP contribution is 2.36. The summed E-state index contributed by atoms with van der Waals surface area (Å²) < 4.78 is 28.7. The van der Waals surface area contributed by atoms with Crippen LogP contribution < -0.4 is 16.0 Å². The second-order valence-electron chi connectivity index (χ2n) is 8.14. The molecule has 1 aromatic heterocycles. The molecular formula is C24H21F2N5O2. The maximum Gasteiger partial charge on any atom is 0.257 e. The first-order chi connectivity index (χ1) is 15.9. The number of hydrogen-bond donors (Lipinski definition) is 3. The van der Waals surface area contributed by atoms with Crippen molar-refractivity contribution in [2.75, 3.05) is 11.9 Å². The van der Waals surface area contributed by atoms with Crippen LogP contribution in [0, 0.1) is 11.6 Å². The van der Waals surface area contributed by atoms with Crippen LogP contribution in [0.1, 0.15) is 41.4 Å². The topological polar surface area (TPSA) is 96.0 Å². The molecule has 168 valence electrons. The van der Waals surface area contributed by atoms with Crippen molar-refractivity contribution in [1.82, 2.24) is 20.6 Å². The van der Waals surface area contributed by atoms with Crippen molar-refractivity contribution in [1.29, 1.82) is 0 Å². The lowest BCUT2D eigenvalue weighted by Crippen LogP contribution is -2.34. The zero-order chi connectivity index (χ0) is 23.2. The Hall–Kier alpha value is -3.88. The number of hydrogen-bond acceptors (Lipinski definition) is 5. The molecule has 0 bridgehead atoms. The molecule has 5 rings (SSSR count). The van der Waals surface area contributed by atoms with E-state index in [1.807, 2.05) is 19.1 Å². The number of anilines is 2. The van der Waals surface area contributed by atoms with Gasteiger partial charge in [0.05, 0.1) is 23.2 Å². The van der Waals surface area contributed by atoms with Crippen molar-refractivity contribution in [3.05, 3.63) is 70.9 Å². The van der Waals surface area contributed by atoms with E-state index in [2.05, 4.69) is 25.9 Å². The van der Waals surface area contributed by atoms with Gasteiger partial charge in [-0.15, -0.1) is 0 Å². The molecule has 3 aromatic rings. The second kappa shape index (κ2) is 7.91. The molecule has 9 heteroatoms. The van der Waals surface area contributed by atoms with Crippen LogP contribution in [0.15, 0.2) is 42.5 Å². The molecule has 0 spiro atoms. The van der Waals surface area contributed by atoms with Crippen LogP contribution in [0.4, 0.5) is 20.3 Å². The Labute approximate surface area is 188 Å². The summed E-state index contributed by atoms with van der Waals surface area (Å²) in [5.74, 6) is -1.91. The van der Waals surface area contributed by atoms with E-state index in [9.17, 15) is 18.4 Å². The van der Waals surface area contributed by atoms with Crippen LogP contribution in [-0.2, 0) is 16.8 Å². The minimum atomic E-state index is -0.790. The van der Waals surface area contributed by atoms with E-state index < -0.39 is 17.0 Å². The van der Waals surface area contributed by atoms with Crippen LogP contribution in [0.5, 0.6) is 0 Å². The predicted octanol–water partition coefficient (Wildman–Crippen LogP) is 3.58. The van der Waals surface area contributed by atoms with Gasteiger partial charge >= 0.3 is 0 Å². The predicted molar refractivity (Wildman–Crippen MR) is 118 cm³/mol. The smallest absolute Gasteiger partial charge is 0.257 e. The first kappa shape index (κ1) is 21.0. The minimum Gasteiger partial charge on any atom is -0.355 e. The van der Waals surface area contributed by atoms with Crippen molar-refractivity contribution in [3.63, 3.8) is 0 Å². The van der Waals surface area contributed by atoms with Crippen molar-refractivity contribution in [2.45, 2.75) is 31.7 Å². The number of carbonyl (C=O) groups excluding carboxylic acids is 2. The SMILES string of the molecule is CC[C@]1(c2ccc(Nc3nc(-c4c(F)cccc4F)nc4c3C(=O)NC4)cc2)CCNC1=O. The molecular weight excluding hydrogens is 428 g/mol. The molecule has 7 nitrogen and oxygen atoms in total. The molecule has 3 heterocycles. The van der Waals surface area contributed by atoms with Crippen molar-refractivity contribution in [3.8, 4) is 11.4 Å². The second-order valence-corrected chi connectivity index (χ2v) is 8.14. The van der Waals surface area contributed by atoms with Crippen molar-refractivity contribution >= 4 is 23.3 Å². The fraction of sp³-hybridized carbons (Fsp3) is 0.250. The number of amides is 2. The fourth-order valence-electron chi connectivity index (χ4n) is 4.54. The molecule has 0 radical (unpaired) electrons.